The van der Waals surface area contributed by atoms with Crippen molar-refractivity contribution in [3.63, 3.8) is 0 Å². The predicted octanol–water partition coefficient (Wildman–Crippen LogP) is 6.28. The number of ether oxygens (including phenoxy) is 1. The number of hydrogen-bond donors (Lipinski definition) is 0. The number of halogens is 1. The maximum absolute atomic E-state index is 12.6. The molecular formula is C22H21ClO3S. The summed E-state index contributed by atoms with van der Waals surface area (Å²) < 4.78 is 6.31. The van der Waals surface area contributed by atoms with E-state index in [2.05, 4.69) is 20.8 Å². The van der Waals surface area contributed by atoms with Gasteiger partial charge in [-0.3, -0.25) is 4.79 Å². The Hall–Kier alpha value is -2.17. The largest absolute Gasteiger partial charge is 0.450 e. The Morgan fingerprint density at radius 3 is 2.26 bits per heavy atom. The summed E-state index contributed by atoms with van der Waals surface area (Å²) in [7, 11) is 0. The van der Waals surface area contributed by atoms with Gasteiger partial charge in [0.2, 0.25) is 5.78 Å². The number of esters is 1. The molecule has 1 aromatic heterocycles. The van der Waals surface area contributed by atoms with Crippen LogP contribution in [0.4, 0.5) is 0 Å². The first-order valence-corrected chi connectivity index (χ1v) is 9.90. The van der Waals surface area contributed by atoms with Crippen LogP contribution in [0.15, 0.2) is 48.5 Å². The van der Waals surface area contributed by atoms with Gasteiger partial charge < -0.3 is 4.74 Å². The van der Waals surface area contributed by atoms with E-state index >= 15 is 0 Å². The number of carbonyl (C=O) groups excluding carboxylic acids is 2. The molecule has 0 amide bonds. The molecule has 5 heteroatoms. The molecule has 3 aromatic rings. The van der Waals surface area contributed by atoms with E-state index in [1.54, 1.807) is 19.1 Å². The fraction of sp³-hybridized carbons (Fsp3) is 0.273. The molecule has 27 heavy (non-hydrogen) atoms. The highest BCUT2D eigenvalue weighted by atomic mass is 35.5. The zero-order chi connectivity index (χ0) is 19.8. The predicted molar refractivity (Wildman–Crippen MR) is 111 cm³/mol. The van der Waals surface area contributed by atoms with E-state index in [4.69, 9.17) is 16.3 Å². The summed E-state index contributed by atoms with van der Waals surface area (Å²) in [5, 5.41) is 1.18. The van der Waals surface area contributed by atoms with Crippen molar-refractivity contribution in [2.45, 2.75) is 39.2 Å². The number of fused-ring (bicyclic) bond motifs is 1. The maximum atomic E-state index is 12.6. The van der Waals surface area contributed by atoms with Gasteiger partial charge in [0, 0.05) is 15.6 Å². The second-order valence-corrected chi connectivity index (χ2v) is 8.91. The average Bonchev–Trinajstić information content (AvgIpc) is 2.97. The summed E-state index contributed by atoms with van der Waals surface area (Å²) >= 11 is 7.59. The van der Waals surface area contributed by atoms with Crippen LogP contribution in [0.5, 0.6) is 0 Å². The van der Waals surface area contributed by atoms with Crippen LogP contribution in [-0.2, 0) is 10.2 Å². The van der Waals surface area contributed by atoms with Gasteiger partial charge in [-0.15, -0.1) is 11.3 Å². The zero-order valence-electron chi connectivity index (χ0n) is 15.7. The first kappa shape index (κ1) is 19.6. The summed E-state index contributed by atoms with van der Waals surface area (Å²) in [6, 6.07) is 14.9. The van der Waals surface area contributed by atoms with Crippen LogP contribution >= 0.6 is 22.9 Å². The normalized spacial score (nSPS) is 12.8. The van der Waals surface area contributed by atoms with Crippen molar-refractivity contribution in [2.24, 2.45) is 0 Å². The van der Waals surface area contributed by atoms with Crippen molar-refractivity contribution >= 4 is 44.8 Å². The highest BCUT2D eigenvalue weighted by Gasteiger charge is 2.24. The molecule has 0 bridgehead atoms. The van der Waals surface area contributed by atoms with Gasteiger partial charge >= 0.3 is 5.97 Å². The third-order valence-corrected chi connectivity index (χ3v) is 6.06. The monoisotopic (exact) mass is 400 g/mol. The Bertz CT molecular complexity index is 997. The highest BCUT2D eigenvalue weighted by Crippen LogP contribution is 2.35. The van der Waals surface area contributed by atoms with Crippen molar-refractivity contribution in [3.8, 4) is 0 Å². The summed E-state index contributed by atoms with van der Waals surface area (Å²) in [6.45, 7) is 7.92. The molecule has 0 fully saturated rings. The van der Waals surface area contributed by atoms with Crippen LogP contribution in [0.3, 0.4) is 0 Å². The van der Waals surface area contributed by atoms with Gasteiger partial charge in [0.1, 0.15) is 4.88 Å². The van der Waals surface area contributed by atoms with Crippen molar-refractivity contribution in [2.75, 3.05) is 0 Å². The SMILES string of the molecule is C[C@H](OC(=O)c1sc2ccccc2c1Cl)C(=O)c1ccc(C(C)(C)C)cc1. The molecule has 0 aliphatic heterocycles. The van der Waals surface area contributed by atoms with Crippen LogP contribution < -0.4 is 0 Å². The molecule has 0 spiro atoms. The summed E-state index contributed by atoms with van der Waals surface area (Å²) in [5.41, 5.74) is 1.67. The fourth-order valence-corrected chi connectivity index (χ4v) is 4.17. The number of thiophene rings is 1. The van der Waals surface area contributed by atoms with E-state index in [9.17, 15) is 9.59 Å². The van der Waals surface area contributed by atoms with Crippen LogP contribution in [0.1, 0.15) is 53.3 Å². The van der Waals surface area contributed by atoms with Crippen molar-refractivity contribution in [3.05, 3.63) is 69.6 Å². The number of ketones is 1. The lowest BCUT2D eigenvalue weighted by atomic mass is 9.86. The van der Waals surface area contributed by atoms with Crippen molar-refractivity contribution in [1.82, 2.24) is 0 Å². The van der Waals surface area contributed by atoms with E-state index < -0.39 is 12.1 Å². The van der Waals surface area contributed by atoms with E-state index in [0.29, 0.717) is 15.5 Å². The van der Waals surface area contributed by atoms with Gasteiger partial charge in [0.15, 0.2) is 6.10 Å². The Morgan fingerprint density at radius 1 is 1.04 bits per heavy atom. The van der Waals surface area contributed by atoms with Crippen LogP contribution in [0.25, 0.3) is 10.1 Å². The summed E-state index contributed by atoms with van der Waals surface area (Å²) in [4.78, 5) is 25.5. The quantitative estimate of drug-likeness (QED) is 0.382. The minimum absolute atomic E-state index is 0.0115. The smallest absolute Gasteiger partial charge is 0.350 e. The van der Waals surface area contributed by atoms with Crippen LogP contribution in [0, 0.1) is 0 Å². The summed E-state index contributed by atoms with van der Waals surface area (Å²) in [6.07, 6.45) is -0.890. The highest BCUT2D eigenvalue weighted by molar-refractivity contribution is 7.21. The molecule has 1 atom stereocenters. The molecule has 0 aliphatic carbocycles. The first-order valence-electron chi connectivity index (χ1n) is 8.71. The molecule has 0 saturated carbocycles. The second kappa shape index (κ2) is 7.45. The summed E-state index contributed by atoms with van der Waals surface area (Å²) in [5.74, 6) is -0.811. The van der Waals surface area contributed by atoms with Gasteiger partial charge in [-0.2, -0.15) is 0 Å². The van der Waals surface area contributed by atoms with Crippen LogP contribution in [-0.4, -0.2) is 17.9 Å². The maximum Gasteiger partial charge on any atom is 0.350 e. The molecule has 1 heterocycles. The Morgan fingerprint density at radius 2 is 1.67 bits per heavy atom. The Balaban J connectivity index is 1.75. The molecule has 0 unspecified atom stereocenters. The van der Waals surface area contributed by atoms with Gasteiger partial charge in [-0.25, -0.2) is 4.79 Å². The third-order valence-electron chi connectivity index (χ3n) is 4.41. The Kier molecular flexibility index (Phi) is 5.41. The number of hydrogen-bond acceptors (Lipinski definition) is 4. The first-order chi connectivity index (χ1) is 12.7. The van der Waals surface area contributed by atoms with Gasteiger partial charge in [0.25, 0.3) is 0 Å². The molecule has 3 rings (SSSR count). The van der Waals surface area contributed by atoms with Crippen molar-refractivity contribution in [1.29, 1.82) is 0 Å². The molecule has 0 N–H and O–H groups in total. The molecule has 140 valence electrons. The second-order valence-electron chi connectivity index (χ2n) is 7.48. The number of benzene rings is 2. The lowest BCUT2D eigenvalue weighted by molar-refractivity contribution is 0.0324. The standard InChI is InChI=1S/C22H21ClO3S/c1-13(19(24)14-9-11-15(12-10-14)22(2,3)4)26-21(25)20-18(23)16-7-5-6-8-17(16)27-20/h5-13H,1-4H3/t13-/m0/s1. The molecule has 0 aliphatic rings. The van der Waals surface area contributed by atoms with Crippen molar-refractivity contribution < 1.29 is 14.3 Å². The van der Waals surface area contributed by atoms with Gasteiger partial charge in [0.05, 0.1) is 5.02 Å². The van der Waals surface area contributed by atoms with E-state index in [1.165, 1.54) is 11.3 Å². The number of Topliss-reactive ketones (excluding diaryl/α,β-unsaturated/α-hetero) is 1. The van der Waals surface area contributed by atoms with E-state index in [-0.39, 0.29) is 11.2 Å². The van der Waals surface area contributed by atoms with Gasteiger partial charge in [-0.1, -0.05) is 74.8 Å². The fourth-order valence-electron chi connectivity index (χ4n) is 2.78. The number of rotatable bonds is 4. The lowest BCUT2D eigenvalue weighted by Gasteiger charge is -2.19. The zero-order valence-corrected chi connectivity index (χ0v) is 17.3. The average molecular weight is 401 g/mol. The Labute approximate surface area is 167 Å². The molecular weight excluding hydrogens is 380 g/mol. The van der Waals surface area contributed by atoms with E-state index in [0.717, 1.165) is 15.6 Å². The number of carbonyl (C=O) groups is 2. The van der Waals surface area contributed by atoms with Gasteiger partial charge in [-0.05, 0) is 24.0 Å². The molecule has 2 aromatic carbocycles. The van der Waals surface area contributed by atoms with Crippen LogP contribution in [0.2, 0.25) is 5.02 Å². The third kappa shape index (κ3) is 4.07. The lowest BCUT2D eigenvalue weighted by Crippen LogP contribution is -2.24. The molecule has 3 nitrogen and oxygen atoms in total. The van der Waals surface area contributed by atoms with E-state index in [1.807, 2.05) is 36.4 Å². The minimum Gasteiger partial charge on any atom is -0.450 e. The molecule has 0 radical (unpaired) electrons. The minimum atomic E-state index is -0.890. The molecule has 0 saturated heterocycles. The topological polar surface area (TPSA) is 43.4 Å².